The molecule has 0 spiro atoms. The second-order valence-electron chi connectivity index (χ2n) is 7.86. The molecule has 0 aliphatic rings. The van der Waals surface area contributed by atoms with Crippen molar-refractivity contribution in [2.75, 3.05) is 11.6 Å². The predicted molar refractivity (Wildman–Crippen MR) is 135 cm³/mol. The summed E-state index contributed by atoms with van der Waals surface area (Å²) in [6, 6.07) is 20.6. The molecule has 3 aromatic carbocycles. The normalized spacial score (nSPS) is 12.0. The average molecular weight is 473 g/mol. The molecule has 0 aliphatic carbocycles. The molecule has 0 aliphatic heterocycles. The van der Waals surface area contributed by atoms with Crippen LogP contribution in [0.25, 0.3) is 10.9 Å². The van der Waals surface area contributed by atoms with Gasteiger partial charge in [0.1, 0.15) is 23.6 Å². The van der Waals surface area contributed by atoms with Crippen LogP contribution in [0.15, 0.2) is 73.1 Å². The quantitative estimate of drug-likeness (QED) is 0.393. The smallest absolute Gasteiger partial charge is 0.209 e. The molecule has 34 heavy (non-hydrogen) atoms. The van der Waals surface area contributed by atoms with Gasteiger partial charge in [-0.05, 0) is 67.9 Å². The van der Waals surface area contributed by atoms with E-state index in [1.807, 2.05) is 73.7 Å². The number of para-hydroxylation sites is 1. The summed E-state index contributed by atoms with van der Waals surface area (Å²) < 4.78 is 31.2. The van der Waals surface area contributed by atoms with Crippen LogP contribution in [0.4, 0.5) is 11.5 Å². The van der Waals surface area contributed by atoms with Crippen molar-refractivity contribution in [2.24, 2.45) is 0 Å². The Balaban J connectivity index is 1.57. The highest BCUT2D eigenvalue weighted by molar-refractivity contribution is 7.88. The van der Waals surface area contributed by atoms with Gasteiger partial charge in [0.05, 0.1) is 17.8 Å². The maximum Gasteiger partial charge on any atom is 0.209 e. The number of fused-ring (bicyclic) bond motifs is 1. The largest absolute Gasteiger partial charge is 0.457 e. The fraction of sp³-hybridized carbons (Fsp3) is 0.154. The van der Waals surface area contributed by atoms with Crippen molar-refractivity contribution in [3.8, 4) is 23.3 Å². The van der Waals surface area contributed by atoms with Crippen molar-refractivity contribution >= 4 is 32.4 Å². The van der Waals surface area contributed by atoms with Gasteiger partial charge in [-0.2, -0.15) is 0 Å². The number of nitrogens with one attached hydrogen (secondary N) is 2. The zero-order valence-corrected chi connectivity index (χ0v) is 19.8. The van der Waals surface area contributed by atoms with Crippen LogP contribution in [0, 0.1) is 18.8 Å². The molecule has 4 aromatic rings. The van der Waals surface area contributed by atoms with Crippen LogP contribution in [-0.4, -0.2) is 30.7 Å². The highest BCUT2D eigenvalue weighted by atomic mass is 32.2. The summed E-state index contributed by atoms with van der Waals surface area (Å²) in [7, 11) is -3.32. The van der Waals surface area contributed by atoms with Crippen molar-refractivity contribution in [1.82, 2.24) is 14.7 Å². The van der Waals surface area contributed by atoms with E-state index in [1.54, 1.807) is 6.92 Å². The monoisotopic (exact) mass is 472 g/mol. The van der Waals surface area contributed by atoms with Gasteiger partial charge in [0, 0.05) is 16.6 Å². The second-order valence-corrected chi connectivity index (χ2v) is 9.64. The summed E-state index contributed by atoms with van der Waals surface area (Å²) in [5.74, 6) is 8.12. The molecule has 0 fully saturated rings. The first kappa shape index (κ1) is 23.2. The highest BCUT2D eigenvalue weighted by Crippen LogP contribution is 2.29. The number of ether oxygens (including phenoxy) is 1. The fourth-order valence-corrected chi connectivity index (χ4v) is 4.07. The molecular formula is C26H24N4O3S. The lowest BCUT2D eigenvalue weighted by molar-refractivity contribution is 0.479. The minimum absolute atomic E-state index is 0.505. The number of benzene rings is 3. The maximum atomic E-state index is 11.4. The summed E-state index contributed by atoms with van der Waals surface area (Å²) >= 11 is 0. The summed E-state index contributed by atoms with van der Waals surface area (Å²) in [4.78, 5) is 8.75. The third kappa shape index (κ3) is 6.10. The van der Waals surface area contributed by atoms with Crippen molar-refractivity contribution in [3.63, 3.8) is 0 Å². The number of aryl methyl sites for hydroxylation is 1. The molecule has 8 heteroatoms. The van der Waals surface area contributed by atoms with E-state index < -0.39 is 16.1 Å². The Kier molecular flexibility index (Phi) is 6.77. The Morgan fingerprint density at radius 2 is 1.79 bits per heavy atom. The number of anilines is 2. The summed E-state index contributed by atoms with van der Waals surface area (Å²) in [5.41, 5.74) is 3.34. The van der Waals surface area contributed by atoms with Crippen LogP contribution in [0.3, 0.4) is 0 Å². The molecule has 4 rings (SSSR count). The van der Waals surface area contributed by atoms with Gasteiger partial charge in [0.25, 0.3) is 0 Å². The molecule has 0 saturated carbocycles. The lowest BCUT2D eigenvalue weighted by Crippen LogP contribution is -2.30. The molecule has 1 unspecified atom stereocenters. The minimum Gasteiger partial charge on any atom is -0.457 e. The van der Waals surface area contributed by atoms with E-state index in [0.717, 1.165) is 45.5 Å². The van der Waals surface area contributed by atoms with Crippen LogP contribution in [0.1, 0.15) is 18.1 Å². The van der Waals surface area contributed by atoms with E-state index in [4.69, 9.17) is 4.74 Å². The molecule has 1 aromatic heterocycles. The molecular weight excluding hydrogens is 448 g/mol. The molecule has 0 bridgehead atoms. The van der Waals surface area contributed by atoms with Crippen molar-refractivity contribution in [3.05, 3.63) is 84.2 Å². The van der Waals surface area contributed by atoms with Gasteiger partial charge in [-0.3, -0.25) is 0 Å². The topological polar surface area (TPSA) is 93.2 Å². The van der Waals surface area contributed by atoms with E-state index in [2.05, 4.69) is 31.8 Å². The van der Waals surface area contributed by atoms with Crippen molar-refractivity contribution in [2.45, 2.75) is 19.9 Å². The molecule has 2 N–H and O–H groups in total. The van der Waals surface area contributed by atoms with Crippen LogP contribution >= 0.6 is 0 Å². The van der Waals surface area contributed by atoms with E-state index in [-0.39, 0.29) is 0 Å². The van der Waals surface area contributed by atoms with Crippen LogP contribution in [-0.2, 0) is 10.0 Å². The Hall–Kier alpha value is -3.93. The van der Waals surface area contributed by atoms with Gasteiger partial charge in [-0.1, -0.05) is 30.0 Å². The van der Waals surface area contributed by atoms with Crippen LogP contribution < -0.4 is 14.8 Å². The summed E-state index contributed by atoms with van der Waals surface area (Å²) in [6.45, 7) is 3.68. The Labute approximate surface area is 199 Å². The van der Waals surface area contributed by atoms with E-state index >= 15 is 0 Å². The Bertz CT molecular complexity index is 1490. The molecule has 172 valence electrons. The fourth-order valence-electron chi connectivity index (χ4n) is 3.37. The zero-order valence-electron chi connectivity index (χ0n) is 19.0. The van der Waals surface area contributed by atoms with Gasteiger partial charge in [0.2, 0.25) is 10.0 Å². The highest BCUT2D eigenvalue weighted by Gasteiger charge is 2.08. The number of rotatable bonds is 6. The SMILES string of the molecule is Cc1cc(Nc2ncnc3ccc(C#CC(C)NS(C)(=O)=O)cc23)ccc1Oc1ccccc1. The molecule has 1 atom stereocenters. The average Bonchev–Trinajstić information content (AvgIpc) is 2.79. The number of hydrogen-bond acceptors (Lipinski definition) is 6. The van der Waals surface area contributed by atoms with E-state index in [0.29, 0.717) is 5.82 Å². The Morgan fingerprint density at radius 1 is 1.00 bits per heavy atom. The predicted octanol–water partition coefficient (Wildman–Crippen LogP) is 4.76. The molecule has 0 radical (unpaired) electrons. The molecule has 0 saturated heterocycles. The van der Waals surface area contributed by atoms with Crippen molar-refractivity contribution in [1.29, 1.82) is 0 Å². The zero-order chi connectivity index (χ0) is 24.1. The van der Waals surface area contributed by atoms with Gasteiger partial charge < -0.3 is 10.1 Å². The van der Waals surface area contributed by atoms with E-state index in [9.17, 15) is 8.42 Å². The number of hydrogen-bond donors (Lipinski definition) is 2. The van der Waals surface area contributed by atoms with Gasteiger partial charge >= 0.3 is 0 Å². The standard InChI is InChI=1S/C26H24N4O3S/c1-18-15-21(12-14-25(18)33-22-7-5-4-6-8-22)29-26-23-16-20(11-13-24(23)27-17-28-26)10-9-19(2)30-34(3,31)32/h4-8,11-17,19,30H,1-3H3,(H,27,28,29). The van der Waals surface area contributed by atoms with Gasteiger partial charge in [-0.15, -0.1) is 0 Å². The molecule has 7 nitrogen and oxygen atoms in total. The molecule has 0 amide bonds. The third-order valence-electron chi connectivity index (χ3n) is 4.87. The first-order valence-electron chi connectivity index (χ1n) is 10.6. The first-order valence-corrected chi connectivity index (χ1v) is 12.5. The summed E-state index contributed by atoms with van der Waals surface area (Å²) in [5, 5.41) is 4.16. The second kappa shape index (κ2) is 9.91. The Morgan fingerprint density at radius 3 is 2.53 bits per heavy atom. The number of nitrogens with zero attached hydrogens (tertiary/aromatic N) is 2. The third-order valence-corrected chi connectivity index (χ3v) is 5.65. The van der Waals surface area contributed by atoms with Crippen molar-refractivity contribution < 1.29 is 13.2 Å². The lowest BCUT2D eigenvalue weighted by atomic mass is 10.1. The van der Waals surface area contributed by atoms with E-state index in [1.165, 1.54) is 6.33 Å². The molecule has 1 heterocycles. The minimum atomic E-state index is -3.32. The van der Waals surface area contributed by atoms with Gasteiger partial charge in [-0.25, -0.2) is 23.1 Å². The van der Waals surface area contributed by atoms with Crippen LogP contribution in [0.2, 0.25) is 0 Å². The first-order chi connectivity index (χ1) is 16.3. The summed E-state index contributed by atoms with van der Waals surface area (Å²) in [6.07, 6.45) is 2.62. The number of sulfonamides is 1. The maximum absolute atomic E-state index is 11.4. The number of aromatic nitrogens is 2. The lowest BCUT2D eigenvalue weighted by Gasteiger charge is -2.12. The van der Waals surface area contributed by atoms with Crippen LogP contribution in [0.5, 0.6) is 11.5 Å². The van der Waals surface area contributed by atoms with Gasteiger partial charge in [0.15, 0.2) is 0 Å².